The molecule has 0 fully saturated rings. The number of rotatable bonds is 4. The fourth-order valence-corrected chi connectivity index (χ4v) is 15.8. The number of para-hydroxylation sites is 8. The smallest absolute Gasteiger partial charge is 0.145 e. The van der Waals surface area contributed by atoms with Crippen molar-refractivity contribution in [1.29, 1.82) is 5.26 Å². The average molecular weight is 1140 g/mol. The second-order valence-electron chi connectivity index (χ2n) is 23.7. The third-order valence-electron chi connectivity index (χ3n) is 19.4. The Kier molecular flexibility index (Phi) is 8.88. The molecule has 0 atom stereocenters. The van der Waals surface area contributed by atoms with E-state index in [4.69, 9.17) is 17.7 Å². The Bertz CT molecular complexity index is 6070. The minimum Gasteiger partial charge on any atom is -0.455 e. The first-order chi connectivity index (χ1) is 44.1. The van der Waals surface area contributed by atoms with Crippen LogP contribution < -0.4 is 0 Å². The molecule has 0 saturated heterocycles. The fourth-order valence-electron chi connectivity index (χ4n) is 15.8. The summed E-state index contributed by atoms with van der Waals surface area (Å²) in [4.78, 5) is 0. The van der Waals surface area contributed by atoms with E-state index in [1.54, 1.807) is 0 Å². The van der Waals surface area contributed by atoms with E-state index in [9.17, 15) is 5.26 Å². The van der Waals surface area contributed by atoms with Crippen LogP contribution in [-0.4, -0.2) is 18.3 Å². The molecule has 21 rings (SSSR count). The molecule has 0 aliphatic rings. The molecule has 8 aromatic heterocycles. The van der Waals surface area contributed by atoms with Crippen molar-refractivity contribution in [1.82, 2.24) is 18.3 Å². The molecule has 21 aromatic rings. The van der Waals surface area contributed by atoms with Crippen LogP contribution in [0.2, 0.25) is 0 Å². The van der Waals surface area contributed by atoms with Gasteiger partial charge in [0.25, 0.3) is 0 Å². The van der Waals surface area contributed by atoms with Gasteiger partial charge < -0.3 is 35.9 Å². The number of furan rings is 4. The molecule has 0 amide bonds. The van der Waals surface area contributed by atoms with Gasteiger partial charge in [0, 0.05) is 70.2 Å². The monoisotopic (exact) mass is 1140 g/mol. The molecule has 0 aliphatic heterocycles. The molecule has 13 aromatic carbocycles. The number of fused-ring (bicyclic) bond motifs is 28. The van der Waals surface area contributed by atoms with Gasteiger partial charge in [0.1, 0.15) is 56.3 Å². The summed E-state index contributed by atoms with van der Waals surface area (Å²) in [5.41, 5.74) is 18.0. The largest absolute Gasteiger partial charge is 0.455 e. The van der Waals surface area contributed by atoms with Crippen LogP contribution in [0.5, 0.6) is 0 Å². The quantitative estimate of drug-likeness (QED) is 0.175. The number of aromatic nitrogens is 4. The molecule has 0 radical (unpaired) electrons. The molecule has 9 heteroatoms. The molecular weight excluding hydrogens is 1090 g/mol. The van der Waals surface area contributed by atoms with Crippen molar-refractivity contribution in [3.05, 3.63) is 254 Å². The molecule has 412 valence electrons. The summed E-state index contributed by atoms with van der Waals surface area (Å²) in [6.07, 6.45) is 0. The topological polar surface area (TPSA) is 96.1 Å². The van der Waals surface area contributed by atoms with E-state index in [0.29, 0.717) is 5.56 Å². The van der Waals surface area contributed by atoms with E-state index in [-0.39, 0.29) is 0 Å². The lowest BCUT2D eigenvalue weighted by Gasteiger charge is -2.28. The van der Waals surface area contributed by atoms with E-state index in [0.717, 1.165) is 203 Å². The first-order valence-corrected chi connectivity index (χ1v) is 30.1. The zero-order valence-electron chi connectivity index (χ0n) is 47.5. The van der Waals surface area contributed by atoms with Gasteiger partial charge in [-0.15, -0.1) is 0 Å². The van der Waals surface area contributed by atoms with Crippen molar-refractivity contribution >= 4 is 175 Å². The Morgan fingerprint density at radius 3 is 0.753 bits per heavy atom. The van der Waals surface area contributed by atoms with Crippen LogP contribution in [0.4, 0.5) is 0 Å². The van der Waals surface area contributed by atoms with E-state index in [2.05, 4.69) is 225 Å². The average Bonchev–Trinajstić information content (AvgIpc) is 1.57. The lowest BCUT2D eigenvalue weighted by Crippen LogP contribution is -2.16. The van der Waals surface area contributed by atoms with Crippen molar-refractivity contribution < 1.29 is 17.7 Å². The second-order valence-corrected chi connectivity index (χ2v) is 23.7. The van der Waals surface area contributed by atoms with Crippen LogP contribution in [0.25, 0.3) is 198 Å². The van der Waals surface area contributed by atoms with E-state index in [1.807, 2.05) is 48.5 Å². The van der Waals surface area contributed by atoms with Gasteiger partial charge in [-0.25, -0.2) is 0 Å². The van der Waals surface area contributed by atoms with Gasteiger partial charge in [-0.1, -0.05) is 146 Å². The predicted molar refractivity (Wildman–Crippen MR) is 362 cm³/mol. The molecule has 0 bridgehead atoms. The highest BCUT2D eigenvalue weighted by atomic mass is 16.3. The van der Waals surface area contributed by atoms with Gasteiger partial charge >= 0.3 is 0 Å². The summed E-state index contributed by atoms with van der Waals surface area (Å²) in [5.74, 6) is 0. The highest BCUT2D eigenvalue weighted by Crippen LogP contribution is 2.53. The van der Waals surface area contributed by atoms with Crippen LogP contribution in [-0.2, 0) is 0 Å². The maximum atomic E-state index is 13.1. The van der Waals surface area contributed by atoms with Gasteiger partial charge in [-0.2, -0.15) is 5.26 Å². The maximum Gasteiger partial charge on any atom is 0.145 e. The number of hydrogen-bond acceptors (Lipinski definition) is 5. The lowest BCUT2D eigenvalue weighted by molar-refractivity contribution is 0.670. The Hall–Kier alpha value is -12.3. The van der Waals surface area contributed by atoms with Gasteiger partial charge in [0.15, 0.2) is 0 Å². The number of benzene rings is 13. The van der Waals surface area contributed by atoms with Gasteiger partial charge in [0.05, 0.1) is 88.4 Å². The van der Waals surface area contributed by atoms with Crippen LogP contribution in [0.3, 0.4) is 0 Å². The van der Waals surface area contributed by atoms with E-state index >= 15 is 0 Å². The molecule has 8 heterocycles. The molecule has 0 spiro atoms. The van der Waals surface area contributed by atoms with Crippen molar-refractivity contribution in [2.75, 3.05) is 0 Å². The van der Waals surface area contributed by atoms with Gasteiger partial charge in [-0.3, -0.25) is 0 Å². The highest BCUT2D eigenvalue weighted by molar-refractivity contribution is 6.33. The zero-order valence-corrected chi connectivity index (χ0v) is 47.5. The van der Waals surface area contributed by atoms with Crippen molar-refractivity contribution in [2.45, 2.75) is 6.92 Å². The number of nitrogens with zero attached hydrogens (tertiary/aromatic N) is 5. The molecule has 9 nitrogen and oxygen atoms in total. The summed E-state index contributed by atoms with van der Waals surface area (Å²) in [7, 11) is 0. The normalized spacial score (nSPS) is 12.5. The summed E-state index contributed by atoms with van der Waals surface area (Å²) in [5, 5.41) is 29.1. The molecule has 0 aliphatic carbocycles. The predicted octanol–water partition coefficient (Wildman–Crippen LogP) is 21.9. The van der Waals surface area contributed by atoms with Crippen LogP contribution in [0.15, 0.2) is 260 Å². The van der Waals surface area contributed by atoms with Crippen molar-refractivity contribution in [2.24, 2.45) is 0 Å². The van der Waals surface area contributed by atoms with Crippen LogP contribution >= 0.6 is 0 Å². The number of hydrogen-bond donors (Lipinski definition) is 0. The van der Waals surface area contributed by atoms with Crippen LogP contribution in [0, 0.1) is 18.3 Å². The summed E-state index contributed by atoms with van der Waals surface area (Å²) >= 11 is 0. The number of nitriles is 1. The Balaban J connectivity index is 1.06. The fraction of sp³-hybridized carbons (Fsp3) is 0.0125. The third kappa shape index (κ3) is 5.83. The first kappa shape index (κ1) is 47.0. The third-order valence-corrected chi connectivity index (χ3v) is 19.4. The van der Waals surface area contributed by atoms with Crippen LogP contribution in [0.1, 0.15) is 11.1 Å². The standard InChI is InChI=1S/C80H43N5O4/c1-43-73(84-61-38-34-52-48-22-6-14-30-65(48)86-77(52)69(61)70-62(84)39-35-53-49-23-7-15-31-66(49)87-78(53)70)75(82-57-26-10-2-18-44(57)45-19-3-11-27-58(45)82)56(42-81)76(83-59-28-12-4-20-46(59)47-21-5-13-29-60(47)83)74(43)85-63-40-36-54-50-24-8-16-32-67(50)88-79(54)71(63)72-64(85)41-37-55-51-25-9-17-33-68(51)89-80(55)72/h2-41H,1H3. The molecule has 0 saturated carbocycles. The SMILES string of the molecule is Cc1c(-n2c3ccc4c5ccccc5oc4c3c3c4oc5ccccc5c4ccc32)c(-n2c3ccccc3c3ccccc32)c(C#N)c(-n2c3ccccc3c3ccccc32)c1-n1c2ccc3c4ccccc4oc3c2c2c3oc4ccccc4c3ccc21. The molecule has 0 unspecified atom stereocenters. The lowest BCUT2D eigenvalue weighted by atomic mass is 9.99. The molecule has 89 heavy (non-hydrogen) atoms. The van der Waals surface area contributed by atoms with Gasteiger partial charge in [0.2, 0.25) is 0 Å². The van der Waals surface area contributed by atoms with Crippen molar-refractivity contribution in [3.8, 4) is 28.8 Å². The highest BCUT2D eigenvalue weighted by Gasteiger charge is 2.35. The van der Waals surface area contributed by atoms with Gasteiger partial charge in [-0.05, 0) is 104 Å². The van der Waals surface area contributed by atoms with E-state index in [1.165, 1.54) is 0 Å². The Labute approximate surface area is 503 Å². The summed E-state index contributed by atoms with van der Waals surface area (Å²) < 4.78 is 38.1. The summed E-state index contributed by atoms with van der Waals surface area (Å²) in [6.45, 7) is 2.26. The minimum absolute atomic E-state index is 0.466. The minimum atomic E-state index is 0.466. The maximum absolute atomic E-state index is 13.1. The second kappa shape index (κ2) is 16.8. The molecular formula is C80H43N5O4. The summed E-state index contributed by atoms with van der Waals surface area (Å²) in [6, 6.07) is 88.3. The molecule has 0 N–H and O–H groups in total. The Morgan fingerprint density at radius 1 is 0.247 bits per heavy atom. The van der Waals surface area contributed by atoms with Crippen molar-refractivity contribution in [3.63, 3.8) is 0 Å². The van der Waals surface area contributed by atoms with E-state index < -0.39 is 0 Å². The zero-order chi connectivity index (χ0) is 58.1. The first-order valence-electron chi connectivity index (χ1n) is 30.1. The Morgan fingerprint density at radius 2 is 0.483 bits per heavy atom.